The van der Waals surface area contributed by atoms with Gasteiger partial charge in [0.25, 0.3) is 0 Å². The molecule has 3 aromatic rings. The lowest BCUT2D eigenvalue weighted by Crippen LogP contribution is -2.07. The van der Waals surface area contributed by atoms with Gasteiger partial charge in [-0.3, -0.25) is 9.79 Å². The number of ether oxygens (including phenoxy) is 1. The number of Topliss-reactive ketones (excluding diaryl/α,β-unsaturated/α-hetero) is 1. The summed E-state index contributed by atoms with van der Waals surface area (Å²) in [7, 11) is 4.10. The minimum atomic E-state index is 0.150. The molecule has 3 rings (SSSR count). The van der Waals surface area contributed by atoms with Crippen LogP contribution in [0.3, 0.4) is 0 Å². The summed E-state index contributed by atoms with van der Waals surface area (Å²) in [4.78, 5) is 15.3. The van der Waals surface area contributed by atoms with Gasteiger partial charge in [-0.1, -0.05) is 48.0 Å². The minimum absolute atomic E-state index is 0.150. The lowest BCUT2D eigenvalue weighted by molar-refractivity contribution is 0.101. The summed E-state index contributed by atoms with van der Waals surface area (Å²) in [6, 6.07) is 18.6. The second kappa shape index (κ2) is 15.2. The van der Waals surface area contributed by atoms with E-state index in [0.717, 1.165) is 30.0 Å². The first-order valence-corrected chi connectivity index (χ1v) is 11.7. The van der Waals surface area contributed by atoms with Gasteiger partial charge in [0.15, 0.2) is 5.78 Å². The lowest BCUT2D eigenvalue weighted by Gasteiger charge is -2.05. The van der Waals surface area contributed by atoms with Crippen LogP contribution in [-0.4, -0.2) is 39.3 Å². The van der Waals surface area contributed by atoms with E-state index in [1.165, 1.54) is 21.7 Å². The number of rotatable bonds is 6. The van der Waals surface area contributed by atoms with E-state index in [1.807, 2.05) is 31.2 Å². The van der Waals surface area contributed by atoms with E-state index in [1.54, 1.807) is 27.3 Å². The second-order valence-corrected chi connectivity index (χ2v) is 9.30. The van der Waals surface area contributed by atoms with Gasteiger partial charge < -0.3 is 10.1 Å². The molecule has 1 unspecified atom stereocenters. The first-order valence-electron chi connectivity index (χ1n) is 10.7. The molecule has 0 saturated heterocycles. The first kappa shape index (κ1) is 27.4. The van der Waals surface area contributed by atoms with Crippen molar-refractivity contribution in [3.05, 3.63) is 87.4 Å². The first-order chi connectivity index (χ1) is 15.3. The van der Waals surface area contributed by atoms with Crippen molar-refractivity contribution >= 4 is 25.9 Å². The molecule has 0 spiro atoms. The van der Waals surface area contributed by atoms with Crippen molar-refractivity contribution in [1.82, 2.24) is 0 Å². The van der Waals surface area contributed by atoms with Gasteiger partial charge in [-0.2, -0.15) is 0 Å². The molecule has 1 heterocycles. The van der Waals surface area contributed by atoms with E-state index in [0.29, 0.717) is 8.19 Å². The number of anilines is 1. The molecule has 1 aromatic heterocycles. The van der Waals surface area contributed by atoms with Crippen LogP contribution in [0.25, 0.3) is 0 Å². The number of ketones is 1. The van der Waals surface area contributed by atoms with Crippen LogP contribution in [0.1, 0.15) is 44.6 Å². The molecule has 0 saturated carbocycles. The summed E-state index contributed by atoms with van der Waals surface area (Å²) in [5.74, 6) is 0.150. The SMILES string of the molecule is CN=Cc1c(C)[pH]c(C)c1C(C)=O.COCCNc1cccc(C)c1.Cc1ccccc1. The van der Waals surface area contributed by atoms with Crippen molar-refractivity contribution in [2.75, 3.05) is 32.6 Å². The third-order valence-corrected chi connectivity index (χ3v) is 5.90. The largest absolute Gasteiger partial charge is 0.383 e. The Bertz CT molecular complexity index is 979. The average molecular weight is 453 g/mol. The van der Waals surface area contributed by atoms with Gasteiger partial charge in [0.1, 0.15) is 0 Å². The number of hydrogen-bond donors (Lipinski definition) is 1. The van der Waals surface area contributed by atoms with E-state index >= 15 is 0 Å². The minimum Gasteiger partial charge on any atom is -0.383 e. The fourth-order valence-electron chi connectivity index (χ4n) is 3.13. The summed E-state index contributed by atoms with van der Waals surface area (Å²) in [5.41, 5.74) is 5.67. The molecule has 172 valence electrons. The van der Waals surface area contributed by atoms with Crippen LogP contribution in [0.5, 0.6) is 0 Å². The summed E-state index contributed by atoms with van der Waals surface area (Å²) in [6.45, 7) is 11.5. The van der Waals surface area contributed by atoms with Crippen molar-refractivity contribution in [2.24, 2.45) is 4.99 Å². The molecule has 0 aliphatic heterocycles. The van der Waals surface area contributed by atoms with Gasteiger partial charge in [0.2, 0.25) is 0 Å². The molecule has 5 heteroatoms. The van der Waals surface area contributed by atoms with Crippen molar-refractivity contribution in [2.45, 2.75) is 34.6 Å². The smallest absolute Gasteiger partial charge is 0.161 e. The molecule has 1 atom stereocenters. The van der Waals surface area contributed by atoms with Crippen LogP contribution in [0.4, 0.5) is 5.69 Å². The Hall–Kier alpha value is -2.68. The van der Waals surface area contributed by atoms with Gasteiger partial charge in [-0.25, -0.2) is 0 Å². The molecular weight excluding hydrogens is 415 g/mol. The highest BCUT2D eigenvalue weighted by molar-refractivity contribution is 7.32. The Labute approximate surface area is 195 Å². The fraction of sp³-hybridized carbons (Fsp3) is 0.333. The van der Waals surface area contributed by atoms with Gasteiger partial charge in [0.05, 0.1) is 6.61 Å². The van der Waals surface area contributed by atoms with Gasteiger partial charge in [-0.15, -0.1) is 8.19 Å². The molecule has 0 aliphatic carbocycles. The third-order valence-electron chi connectivity index (χ3n) is 4.63. The average Bonchev–Trinajstić information content (AvgIpc) is 3.03. The quantitative estimate of drug-likeness (QED) is 0.259. The van der Waals surface area contributed by atoms with Crippen LogP contribution >= 0.6 is 8.19 Å². The number of methoxy groups -OCH3 is 1. The van der Waals surface area contributed by atoms with Crippen molar-refractivity contribution in [3.8, 4) is 0 Å². The predicted octanol–water partition coefficient (Wildman–Crippen LogP) is 6.63. The van der Waals surface area contributed by atoms with E-state index < -0.39 is 0 Å². The van der Waals surface area contributed by atoms with Crippen molar-refractivity contribution in [1.29, 1.82) is 0 Å². The Morgan fingerprint density at radius 3 is 2.16 bits per heavy atom. The van der Waals surface area contributed by atoms with E-state index in [2.05, 4.69) is 61.4 Å². The summed E-state index contributed by atoms with van der Waals surface area (Å²) < 4.78 is 4.93. The van der Waals surface area contributed by atoms with E-state index in [9.17, 15) is 4.79 Å². The number of benzene rings is 2. The summed E-state index contributed by atoms with van der Waals surface area (Å²) in [6.07, 6.45) is 1.79. The molecule has 32 heavy (non-hydrogen) atoms. The number of aliphatic imine (C=N–C) groups is 1. The number of aryl methyl sites for hydroxylation is 4. The van der Waals surface area contributed by atoms with Gasteiger partial charge in [-0.05, 0) is 62.9 Å². The van der Waals surface area contributed by atoms with Crippen LogP contribution in [0.15, 0.2) is 59.6 Å². The van der Waals surface area contributed by atoms with Crippen molar-refractivity contribution < 1.29 is 9.53 Å². The molecule has 0 amide bonds. The predicted molar refractivity (Wildman–Crippen MR) is 142 cm³/mol. The number of nitrogens with zero attached hydrogens (tertiary/aromatic N) is 1. The highest BCUT2D eigenvalue weighted by Crippen LogP contribution is 2.30. The standard InChI is InChI=1S/C10H14NOP.C10H15NO.C7H8/c1-6(12)10-8(3)13-7(2)9(10)5-11-4;1-9-4-3-5-10(8-9)11-6-7-12-2;1-7-5-3-2-4-6-7/h5,13H,1-4H3;3-5,8,11H,6-7H2,1-2H3;2-6H,1H3. The number of carbonyl (C=O) groups is 1. The third kappa shape index (κ3) is 10.1. The molecule has 0 fully saturated rings. The van der Waals surface area contributed by atoms with E-state index in [4.69, 9.17) is 4.74 Å². The molecule has 4 nitrogen and oxygen atoms in total. The zero-order valence-corrected chi connectivity index (χ0v) is 21.5. The van der Waals surface area contributed by atoms with Crippen LogP contribution in [-0.2, 0) is 4.74 Å². The number of hydrogen-bond acceptors (Lipinski definition) is 4. The maximum absolute atomic E-state index is 11.3. The molecule has 0 radical (unpaired) electrons. The zero-order chi connectivity index (χ0) is 23.9. The van der Waals surface area contributed by atoms with E-state index in [-0.39, 0.29) is 5.78 Å². The monoisotopic (exact) mass is 452 g/mol. The molecule has 2 aromatic carbocycles. The van der Waals surface area contributed by atoms with Crippen LogP contribution in [0, 0.1) is 27.7 Å². The van der Waals surface area contributed by atoms with Gasteiger partial charge in [0, 0.05) is 43.7 Å². The number of carbonyl (C=O) groups excluding carboxylic acids is 1. The topological polar surface area (TPSA) is 50.7 Å². The normalized spacial score (nSPS) is 10.3. The molecular formula is C27H37N2O2P. The number of nitrogens with one attached hydrogen (secondary N) is 1. The zero-order valence-electron chi connectivity index (χ0n) is 20.5. The molecule has 1 N–H and O–H groups in total. The Balaban J connectivity index is 0.000000250. The summed E-state index contributed by atoms with van der Waals surface area (Å²) >= 11 is 0. The van der Waals surface area contributed by atoms with Crippen molar-refractivity contribution in [3.63, 3.8) is 0 Å². The lowest BCUT2D eigenvalue weighted by atomic mass is 10.1. The van der Waals surface area contributed by atoms with Gasteiger partial charge >= 0.3 is 0 Å². The molecule has 0 aliphatic rings. The second-order valence-electron chi connectivity index (χ2n) is 7.55. The highest BCUT2D eigenvalue weighted by atomic mass is 31.0. The molecule has 0 bridgehead atoms. The Morgan fingerprint density at radius 2 is 1.66 bits per heavy atom. The van der Waals surface area contributed by atoms with Crippen LogP contribution in [0.2, 0.25) is 0 Å². The fourth-order valence-corrected chi connectivity index (χ4v) is 4.45. The maximum Gasteiger partial charge on any atom is 0.161 e. The maximum atomic E-state index is 11.3. The Kier molecular flexibility index (Phi) is 13.0. The summed E-state index contributed by atoms with van der Waals surface area (Å²) in [5, 5.41) is 5.73. The van der Waals surface area contributed by atoms with Crippen LogP contribution < -0.4 is 5.32 Å². The highest BCUT2D eigenvalue weighted by Gasteiger charge is 2.13. The Morgan fingerprint density at radius 1 is 1.00 bits per heavy atom.